The van der Waals surface area contributed by atoms with Gasteiger partial charge in [-0.3, -0.25) is 9.59 Å². The molecule has 1 saturated heterocycles. The van der Waals surface area contributed by atoms with Crippen molar-refractivity contribution >= 4 is 17.5 Å². The minimum absolute atomic E-state index is 0.00191. The lowest BCUT2D eigenvalue weighted by Gasteiger charge is -2.59. The first-order valence-electron chi connectivity index (χ1n) is 8.41. The predicted octanol–water partition coefficient (Wildman–Crippen LogP) is 1.51. The summed E-state index contributed by atoms with van der Waals surface area (Å²) in [5.74, 6) is 0.796. The topological polar surface area (TPSA) is 60.9 Å². The fourth-order valence-corrected chi connectivity index (χ4v) is 4.21. The van der Waals surface area contributed by atoms with Crippen molar-refractivity contribution in [1.82, 2.24) is 4.90 Å². The van der Waals surface area contributed by atoms with Crippen molar-refractivity contribution < 1.29 is 14.7 Å². The molecule has 2 heterocycles. The largest absolute Gasteiger partial charge is 0.394 e. The molecule has 122 valence electrons. The van der Waals surface area contributed by atoms with Gasteiger partial charge in [-0.1, -0.05) is 18.2 Å². The molecule has 3 aliphatic rings. The highest BCUT2D eigenvalue weighted by molar-refractivity contribution is 5.94. The maximum absolute atomic E-state index is 12.6. The number of aliphatic hydroxyl groups excluding tert-OH is 1. The van der Waals surface area contributed by atoms with Gasteiger partial charge in [-0.15, -0.1) is 0 Å². The first-order valence-corrected chi connectivity index (χ1v) is 8.41. The predicted molar refractivity (Wildman–Crippen MR) is 86.1 cm³/mol. The maximum Gasteiger partial charge on any atom is 0.223 e. The highest BCUT2D eigenvalue weighted by Gasteiger charge is 2.55. The summed E-state index contributed by atoms with van der Waals surface area (Å²) in [5.41, 5.74) is 2.00. The third-order valence-electron chi connectivity index (χ3n) is 5.52. The van der Waals surface area contributed by atoms with E-state index in [0.29, 0.717) is 18.9 Å². The normalized spacial score (nSPS) is 28.7. The van der Waals surface area contributed by atoms with Gasteiger partial charge in [0.15, 0.2) is 0 Å². The summed E-state index contributed by atoms with van der Waals surface area (Å²) in [6.07, 6.45) is 2.86. The SMILES string of the molecule is CC(=O)N1C[C@H]2[C@@H](c3ccccc31)[C@@H](CO)N2C(=O)CC1CC1. The maximum atomic E-state index is 12.6. The quantitative estimate of drug-likeness (QED) is 0.920. The molecule has 2 amide bonds. The first kappa shape index (κ1) is 14.7. The van der Waals surface area contributed by atoms with Crippen LogP contribution in [0.1, 0.15) is 37.7 Å². The zero-order valence-corrected chi connectivity index (χ0v) is 13.3. The molecule has 2 aliphatic heterocycles. The summed E-state index contributed by atoms with van der Waals surface area (Å²) in [4.78, 5) is 28.2. The zero-order chi connectivity index (χ0) is 16.1. The number of likely N-dealkylation sites (tertiary alicyclic amines) is 1. The molecule has 0 spiro atoms. The average Bonchev–Trinajstić information content (AvgIpc) is 3.31. The Balaban J connectivity index is 1.66. The van der Waals surface area contributed by atoms with Crippen LogP contribution in [-0.2, 0) is 9.59 Å². The number of anilines is 1. The fourth-order valence-electron chi connectivity index (χ4n) is 4.21. The minimum Gasteiger partial charge on any atom is -0.394 e. The lowest BCUT2D eigenvalue weighted by Crippen LogP contribution is -2.70. The second kappa shape index (κ2) is 5.34. The number of carbonyl (C=O) groups is 2. The zero-order valence-electron chi connectivity index (χ0n) is 13.3. The molecule has 0 aromatic heterocycles. The molecular weight excluding hydrogens is 292 g/mol. The minimum atomic E-state index is -0.151. The molecule has 5 nitrogen and oxygen atoms in total. The summed E-state index contributed by atoms with van der Waals surface area (Å²) in [6.45, 7) is 2.07. The molecule has 0 bridgehead atoms. The van der Waals surface area contributed by atoms with E-state index in [2.05, 4.69) is 0 Å². The van der Waals surface area contributed by atoms with Gasteiger partial charge in [0.2, 0.25) is 11.8 Å². The highest BCUT2D eigenvalue weighted by Crippen LogP contribution is 2.49. The van der Waals surface area contributed by atoms with Gasteiger partial charge in [0.1, 0.15) is 0 Å². The van der Waals surface area contributed by atoms with E-state index in [1.165, 1.54) is 0 Å². The van der Waals surface area contributed by atoms with Gasteiger partial charge in [0.25, 0.3) is 0 Å². The molecule has 1 aromatic rings. The average molecular weight is 314 g/mol. The number of fused-ring (bicyclic) bond motifs is 3. The Kier molecular flexibility index (Phi) is 3.41. The molecule has 1 aromatic carbocycles. The van der Waals surface area contributed by atoms with Crippen LogP contribution in [0.5, 0.6) is 0 Å². The first-order chi connectivity index (χ1) is 11.1. The van der Waals surface area contributed by atoms with E-state index in [0.717, 1.165) is 24.1 Å². The van der Waals surface area contributed by atoms with Crippen LogP contribution in [0, 0.1) is 5.92 Å². The molecule has 1 saturated carbocycles. The molecular formula is C18H22N2O3. The van der Waals surface area contributed by atoms with Crippen molar-refractivity contribution in [2.45, 2.75) is 44.2 Å². The van der Waals surface area contributed by atoms with Crippen LogP contribution < -0.4 is 4.90 Å². The second-order valence-corrected chi connectivity index (χ2v) is 6.98. The van der Waals surface area contributed by atoms with Gasteiger partial charge in [-0.2, -0.15) is 0 Å². The smallest absolute Gasteiger partial charge is 0.223 e. The monoisotopic (exact) mass is 314 g/mol. The van der Waals surface area contributed by atoms with Crippen molar-refractivity contribution in [1.29, 1.82) is 0 Å². The molecule has 1 aliphatic carbocycles. The highest BCUT2D eigenvalue weighted by atomic mass is 16.3. The van der Waals surface area contributed by atoms with Crippen LogP contribution in [-0.4, -0.2) is 47.1 Å². The van der Waals surface area contributed by atoms with Gasteiger partial charge in [0.05, 0.1) is 18.7 Å². The Morgan fingerprint density at radius 2 is 2.00 bits per heavy atom. The van der Waals surface area contributed by atoms with E-state index >= 15 is 0 Å². The molecule has 0 unspecified atom stereocenters. The van der Waals surface area contributed by atoms with Crippen LogP contribution in [0.3, 0.4) is 0 Å². The fraction of sp³-hybridized carbons (Fsp3) is 0.556. The van der Waals surface area contributed by atoms with Crippen molar-refractivity contribution in [2.75, 3.05) is 18.1 Å². The van der Waals surface area contributed by atoms with E-state index in [1.54, 1.807) is 11.8 Å². The van der Waals surface area contributed by atoms with Gasteiger partial charge >= 0.3 is 0 Å². The summed E-state index contributed by atoms with van der Waals surface area (Å²) in [6, 6.07) is 7.71. The van der Waals surface area contributed by atoms with Crippen LogP contribution in [0.2, 0.25) is 0 Å². The molecule has 0 radical (unpaired) electrons. The number of benzene rings is 1. The Labute approximate surface area is 135 Å². The number of hydrogen-bond donors (Lipinski definition) is 1. The number of aliphatic hydroxyl groups is 1. The number of amides is 2. The van der Waals surface area contributed by atoms with Gasteiger partial charge < -0.3 is 14.9 Å². The molecule has 5 heteroatoms. The lowest BCUT2D eigenvalue weighted by molar-refractivity contribution is -0.151. The van der Waals surface area contributed by atoms with Crippen LogP contribution in [0.15, 0.2) is 24.3 Å². The van der Waals surface area contributed by atoms with Crippen molar-refractivity contribution in [2.24, 2.45) is 5.92 Å². The Hall–Kier alpha value is -1.88. The summed E-state index contributed by atoms with van der Waals surface area (Å²) in [5, 5.41) is 9.82. The number of carbonyl (C=O) groups excluding carboxylic acids is 2. The van der Waals surface area contributed by atoms with E-state index < -0.39 is 0 Å². The Morgan fingerprint density at radius 3 is 2.65 bits per heavy atom. The van der Waals surface area contributed by atoms with Crippen LogP contribution >= 0.6 is 0 Å². The third kappa shape index (κ3) is 2.26. The number of hydrogen-bond acceptors (Lipinski definition) is 3. The molecule has 3 atom stereocenters. The number of para-hydroxylation sites is 1. The second-order valence-electron chi connectivity index (χ2n) is 6.98. The van der Waals surface area contributed by atoms with Crippen molar-refractivity contribution in [3.8, 4) is 0 Å². The van der Waals surface area contributed by atoms with Gasteiger partial charge in [-0.25, -0.2) is 0 Å². The number of rotatable bonds is 3. The summed E-state index contributed by atoms with van der Waals surface area (Å²) in [7, 11) is 0. The van der Waals surface area contributed by atoms with Crippen molar-refractivity contribution in [3.05, 3.63) is 29.8 Å². The standard InChI is InChI=1S/C18H22N2O3/c1-11(22)19-9-15-18(13-4-2-3-5-14(13)19)16(10-21)20(15)17(23)8-12-6-7-12/h2-5,12,15-16,18,21H,6-10H2,1H3/t15-,16+,18+/m0/s1. The Bertz CT molecular complexity index is 655. The summed E-state index contributed by atoms with van der Waals surface area (Å²) >= 11 is 0. The van der Waals surface area contributed by atoms with Crippen LogP contribution in [0.4, 0.5) is 5.69 Å². The van der Waals surface area contributed by atoms with E-state index in [-0.39, 0.29) is 36.4 Å². The van der Waals surface area contributed by atoms with E-state index in [9.17, 15) is 14.7 Å². The van der Waals surface area contributed by atoms with Gasteiger partial charge in [0, 0.05) is 31.5 Å². The lowest BCUT2D eigenvalue weighted by atomic mass is 9.71. The number of nitrogens with zero attached hydrogens (tertiary/aromatic N) is 2. The molecule has 2 fully saturated rings. The molecule has 23 heavy (non-hydrogen) atoms. The van der Waals surface area contributed by atoms with Gasteiger partial charge in [-0.05, 0) is 30.4 Å². The van der Waals surface area contributed by atoms with Crippen molar-refractivity contribution in [3.63, 3.8) is 0 Å². The molecule has 1 N–H and O–H groups in total. The van der Waals surface area contributed by atoms with E-state index in [1.807, 2.05) is 29.2 Å². The Morgan fingerprint density at radius 1 is 1.26 bits per heavy atom. The van der Waals surface area contributed by atoms with Crippen LogP contribution in [0.25, 0.3) is 0 Å². The molecule has 4 rings (SSSR count). The third-order valence-corrected chi connectivity index (χ3v) is 5.52. The van der Waals surface area contributed by atoms with E-state index in [4.69, 9.17) is 0 Å². The summed E-state index contributed by atoms with van der Waals surface area (Å²) < 4.78 is 0.